The number of hydrogen-bond acceptors (Lipinski definition) is 0. The lowest BCUT2D eigenvalue weighted by atomic mass is 9.83. The summed E-state index contributed by atoms with van der Waals surface area (Å²) in [4.78, 5) is 0. The van der Waals surface area contributed by atoms with Crippen molar-refractivity contribution >= 4 is 9.24 Å². The number of hydrogen-bond donors (Lipinski definition) is 0. The normalized spacial score (nSPS) is 14.5. The van der Waals surface area contributed by atoms with Gasteiger partial charge in [-0.05, 0) is 170 Å². The van der Waals surface area contributed by atoms with Crippen molar-refractivity contribution in [1.82, 2.24) is 0 Å². The smallest absolute Gasteiger partial charge is 0.00914 e. The highest BCUT2D eigenvalue weighted by Gasteiger charge is 2.16. The van der Waals surface area contributed by atoms with Crippen LogP contribution in [-0.2, 0) is 12.8 Å². The molecule has 334 valence electrons. The largest absolute Gasteiger partial charge is 0.115 e. The van der Waals surface area contributed by atoms with E-state index in [0.29, 0.717) is 5.92 Å². The van der Waals surface area contributed by atoms with E-state index in [1.165, 1.54) is 83.5 Å². The molecule has 2 atom stereocenters. The highest BCUT2D eigenvalue weighted by atomic mass is 31.0. The summed E-state index contributed by atoms with van der Waals surface area (Å²) in [5, 5.41) is 0. The number of benzene rings is 5. The van der Waals surface area contributed by atoms with E-state index in [0.717, 1.165) is 37.7 Å². The topological polar surface area (TPSA) is 0 Å². The van der Waals surface area contributed by atoms with E-state index >= 15 is 0 Å². The molecule has 0 aliphatic heterocycles. The molecule has 5 aromatic carbocycles. The van der Waals surface area contributed by atoms with Gasteiger partial charge < -0.3 is 0 Å². The van der Waals surface area contributed by atoms with E-state index in [-0.39, 0.29) is 0 Å². The molecule has 0 bridgehead atoms. The van der Waals surface area contributed by atoms with E-state index in [2.05, 4.69) is 233 Å². The van der Waals surface area contributed by atoms with Gasteiger partial charge >= 0.3 is 0 Å². The summed E-state index contributed by atoms with van der Waals surface area (Å²) in [6, 6.07) is 41.9. The van der Waals surface area contributed by atoms with Gasteiger partial charge in [-0.2, -0.15) is 0 Å². The van der Waals surface area contributed by atoms with E-state index in [1.54, 1.807) is 11.6 Å². The molecule has 0 saturated heterocycles. The van der Waals surface area contributed by atoms with Crippen LogP contribution in [-0.4, -0.2) is 0 Å². The van der Waals surface area contributed by atoms with Gasteiger partial charge in [-0.3, -0.25) is 0 Å². The van der Waals surface area contributed by atoms with E-state index < -0.39 is 0 Å². The number of terminal acetylenes is 1. The van der Waals surface area contributed by atoms with Crippen LogP contribution >= 0.6 is 9.24 Å². The van der Waals surface area contributed by atoms with Crippen molar-refractivity contribution in [3.8, 4) is 45.7 Å². The lowest BCUT2D eigenvalue weighted by molar-refractivity contribution is 0.653. The molecular formula is C64H73P. The Balaban J connectivity index is 0.000000324. The Hall–Kier alpha value is -5.99. The third-order valence-corrected chi connectivity index (χ3v) is 12.4. The monoisotopic (exact) mass is 873 g/mol. The molecule has 0 aromatic heterocycles. The molecule has 0 nitrogen and oxygen atoms in total. The van der Waals surface area contributed by atoms with Crippen molar-refractivity contribution in [2.24, 2.45) is 5.92 Å². The lowest BCUT2D eigenvalue weighted by Crippen LogP contribution is -2.06. The first-order valence-electron chi connectivity index (χ1n) is 23.6. The van der Waals surface area contributed by atoms with E-state index in [1.807, 2.05) is 20.8 Å². The van der Waals surface area contributed by atoms with Crippen LogP contribution in [0.25, 0.3) is 33.4 Å². The van der Waals surface area contributed by atoms with Gasteiger partial charge in [-0.15, -0.1) is 15.7 Å². The highest BCUT2D eigenvalue weighted by Crippen LogP contribution is 2.33. The minimum Gasteiger partial charge on any atom is -0.115 e. The quantitative estimate of drug-likeness (QED) is 0.0592. The molecule has 0 heterocycles. The average Bonchev–Trinajstić information content (AvgIpc) is 3.33. The van der Waals surface area contributed by atoms with Gasteiger partial charge in [0.1, 0.15) is 0 Å². The van der Waals surface area contributed by atoms with Crippen molar-refractivity contribution in [2.75, 3.05) is 0 Å². The van der Waals surface area contributed by atoms with Crippen LogP contribution in [0.3, 0.4) is 0 Å². The average molecular weight is 873 g/mol. The third kappa shape index (κ3) is 15.6. The number of rotatable bonds is 14. The van der Waals surface area contributed by atoms with Gasteiger partial charge in [-0.25, -0.2) is 0 Å². The minimum absolute atomic E-state index is 0.623. The van der Waals surface area contributed by atoms with Crippen LogP contribution in [0, 0.1) is 39.0 Å². The Morgan fingerprint density at radius 2 is 1.35 bits per heavy atom. The molecule has 2 unspecified atom stereocenters. The molecule has 0 amide bonds. The molecule has 65 heavy (non-hydrogen) atoms. The molecule has 0 spiro atoms. The van der Waals surface area contributed by atoms with Crippen molar-refractivity contribution in [3.05, 3.63) is 237 Å². The van der Waals surface area contributed by atoms with Gasteiger partial charge in [0.25, 0.3) is 0 Å². The maximum atomic E-state index is 5.27. The summed E-state index contributed by atoms with van der Waals surface area (Å²) in [5.74, 6) is 5.32. The summed E-state index contributed by atoms with van der Waals surface area (Å²) in [6.45, 7) is 21.5. The van der Waals surface area contributed by atoms with Gasteiger partial charge in [0.05, 0.1) is 0 Å². The predicted octanol–water partition coefficient (Wildman–Crippen LogP) is 18.4. The van der Waals surface area contributed by atoms with Crippen molar-refractivity contribution < 1.29 is 0 Å². The van der Waals surface area contributed by atoms with Gasteiger partial charge in [-0.1, -0.05) is 214 Å². The standard InChI is InChI=1S/C40H45P.C22H22.C2H6/c1-6-33(40-17-10-12-30(4)39(40)7-2)26-31(5)38(28-41)14-9-8-13-32-20-24-35(25-21-32)37-16-11-15-36(27-37)34-22-18-29(3)19-23-34;1-5-8-17(2)9-6-10-20-11-7-12-22(19(20)4)21-15-13-18(3)14-16-21;1-2/h6,9-11,14-28,30H,7-8,12-13,41H2,1-5H3;1,6-9,11-16H,10H2,2-4H3;1-2H3/b14-9-,31-26+,33-6+,38-28+;9-6-,17-8-;. The van der Waals surface area contributed by atoms with E-state index in [9.17, 15) is 0 Å². The Morgan fingerprint density at radius 3 is 1.94 bits per heavy atom. The first kappa shape index (κ1) is 51.6. The SMILES string of the molecule is C#C/C=C(C)\C=C/Cc1cccc(-c2ccc(C)cc2)c1C.CC.C\C=C(/C=C(C)/C(/C=C\CCc1ccc(-c2cccc(-c3ccc(C)cc3)c2)cc1)=C/P)C1=C(CC)C(C)CC=C1. The zero-order valence-corrected chi connectivity index (χ0v) is 42.2. The Labute approximate surface area is 397 Å². The van der Waals surface area contributed by atoms with Gasteiger partial charge in [0.15, 0.2) is 0 Å². The van der Waals surface area contributed by atoms with E-state index in [4.69, 9.17) is 6.42 Å². The van der Waals surface area contributed by atoms with Crippen molar-refractivity contribution in [2.45, 2.75) is 101 Å². The first-order chi connectivity index (χ1) is 31.5. The zero-order chi connectivity index (χ0) is 47.1. The molecule has 0 N–H and O–H groups in total. The second-order valence-electron chi connectivity index (χ2n) is 16.7. The third-order valence-electron chi connectivity index (χ3n) is 12.0. The molecule has 0 fully saturated rings. The molecule has 1 aliphatic carbocycles. The fourth-order valence-corrected chi connectivity index (χ4v) is 8.50. The van der Waals surface area contributed by atoms with Gasteiger partial charge in [0, 0.05) is 0 Å². The van der Waals surface area contributed by atoms with Gasteiger partial charge in [0.2, 0.25) is 0 Å². The minimum atomic E-state index is 0.623. The summed E-state index contributed by atoms with van der Waals surface area (Å²) in [7, 11) is 2.79. The summed E-state index contributed by atoms with van der Waals surface area (Å²) in [5.41, 5.74) is 22.2. The van der Waals surface area contributed by atoms with Crippen molar-refractivity contribution in [3.63, 3.8) is 0 Å². The molecule has 0 radical (unpaired) electrons. The number of aryl methyl sites for hydroxylation is 3. The molecule has 0 saturated carbocycles. The molecule has 1 heteroatoms. The van der Waals surface area contributed by atoms with Crippen LogP contribution in [0.2, 0.25) is 0 Å². The summed E-state index contributed by atoms with van der Waals surface area (Å²) < 4.78 is 0. The van der Waals surface area contributed by atoms with Crippen LogP contribution in [0.15, 0.2) is 209 Å². The van der Waals surface area contributed by atoms with Crippen molar-refractivity contribution in [1.29, 1.82) is 0 Å². The Morgan fingerprint density at radius 1 is 0.754 bits per heavy atom. The Bertz CT molecular complexity index is 2580. The predicted molar refractivity (Wildman–Crippen MR) is 293 cm³/mol. The molecular weight excluding hydrogens is 800 g/mol. The molecule has 5 aromatic rings. The van der Waals surface area contributed by atoms with Crippen LogP contribution in [0.5, 0.6) is 0 Å². The second-order valence-corrected chi connectivity index (χ2v) is 17.1. The van der Waals surface area contributed by atoms with Crippen LogP contribution in [0.4, 0.5) is 0 Å². The maximum Gasteiger partial charge on any atom is -0.00914 e. The van der Waals surface area contributed by atoms with Crippen LogP contribution in [0.1, 0.15) is 95.5 Å². The lowest BCUT2D eigenvalue weighted by Gasteiger charge is -2.22. The zero-order valence-electron chi connectivity index (χ0n) is 41.0. The number of allylic oxidation sites excluding steroid dienone is 15. The molecule has 1 aliphatic rings. The Kier molecular flexibility index (Phi) is 21.7. The maximum absolute atomic E-state index is 5.27. The fourth-order valence-electron chi connectivity index (χ4n) is 8.13. The second kappa shape index (κ2) is 27.4. The fraction of sp³-hybridized carbons (Fsp3) is 0.250. The summed E-state index contributed by atoms with van der Waals surface area (Å²) in [6.07, 6.45) is 30.4. The van der Waals surface area contributed by atoms with Crippen LogP contribution < -0.4 is 0 Å². The highest BCUT2D eigenvalue weighted by molar-refractivity contribution is 7.20. The summed E-state index contributed by atoms with van der Waals surface area (Å²) >= 11 is 0. The molecule has 6 rings (SSSR count). The first-order valence-corrected chi connectivity index (χ1v) is 24.3.